The van der Waals surface area contributed by atoms with E-state index in [0.717, 1.165) is 15.9 Å². The molecule has 1 N–H and O–H groups in total. The Kier molecular flexibility index (Phi) is 5.17. The summed E-state index contributed by atoms with van der Waals surface area (Å²) in [5, 5.41) is 12.3. The molecule has 1 amide bonds. The van der Waals surface area contributed by atoms with Crippen LogP contribution in [0.3, 0.4) is 0 Å². The summed E-state index contributed by atoms with van der Waals surface area (Å²) in [5.41, 5.74) is 2.75. The van der Waals surface area contributed by atoms with E-state index >= 15 is 0 Å². The normalized spacial score (nSPS) is 10.9. The predicted molar refractivity (Wildman–Crippen MR) is 101 cm³/mol. The fourth-order valence-corrected chi connectivity index (χ4v) is 2.86. The molecule has 6 nitrogen and oxygen atoms in total. The number of halogens is 3. The van der Waals surface area contributed by atoms with Crippen molar-refractivity contribution in [2.24, 2.45) is 0 Å². The molecule has 3 rings (SSSR count). The maximum atomic E-state index is 12.3. The minimum absolute atomic E-state index is 0.298. The number of nitrogens with zero attached hydrogens (tertiary/aromatic N) is 4. The number of hydrogen-bond acceptors (Lipinski definition) is 3. The molecule has 130 valence electrons. The van der Waals surface area contributed by atoms with E-state index in [2.05, 4.69) is 31.4 Å². The second-order valence-electron chi connectivity index (χ2n) is 5.45. The third-order valence-electron chi connectivity index (χ3n) is 3.62. The van der Waals surface area contributed by atoms with Crippen molar-refractivity contribution < 1.29 is 4.79 Å². The smallest absolute Gasteiger partial charge is 0.276 e. The van der Waals surface area contributed by atoms with Crippen molar-refractivity contribution in [2.75, 3.05) is 5.32 Å². The zero-order chi connectivity index (χ0) is 18.1. The third-order valence-corrected chi connectivity index (χ3v) is 5.51. The van der Waals surface area contributed by atoms with Crippen molar-refractivity contribution in [2.45, 2.75) is 20.5 Å². The first kappa shape index (κ1) is 18.0. The Bertz CT molecular complexity index is 950. The minimum atomic E-state index is -0.327. The van der Waals surface area contributed by atoms with Crippen molar-refractivity contribution in [3.8, 4) is 0 Å². The van der Waals surface area contributed by atoms with Gasteiger partial charge < -0.3 is 5.32 Å². The van der Waals surface area contributed by atoms with E-state index in [9.17, 15) is 4.79 Å². The molecule has 9 heteroatoms. The Morgan fingerprint density at radius 2 is 1.96 bits per heavy atom. The van der Waals surface area contributed by atoms with Gasteiger partial charge in [-0.1, -0.05) is 23.2 Å². The van der Waals surface area contributed by atoms with E-state index in [-0.39, 0.29) is 5.91 Å². The highest BCUT2D eigenvalue weighted by atomic mass is 79.9. The lowest BCUT2D eigenvalue weighted by Gasteiger charge is -2.06. The minimum Gasteiger partial charge on any atom is -0.321 e. The standard InChI is InChI=1S/C16H14BrCl2N5O/c1-9-15(17)10(2)24(21-9)8-23-6-5-14(22-23)16(25)20-11-3-4-12(18)13(19)7-11/h3-7H,8H2,1-2H3,(H,20,25). The molecule has 0 bridgehead atoms. The zero-order valence-corrected chi connectivity index (χ0v) is 16.5. The van der Waals surface area contributed by atoms with Gasteiger partial charge in [-0.15, -0.1) is 0 Å². The van der Waals surface area contributed by atoms with Crippen molar-refractivity contribution in [1.82, 2.24) is 19.6 Å². The van der Waals surface area contributed by atoms with Crippen LogP contribution in [-0.2, 0) is 6.67 Å². The molecule has 2 heterocycles. The second-order valence-corrected chi connectivity index (χ2v) is 7.06. The topological polar surface area (TPSA) is 64.7 Å². The van der Waals surface area contributed by atoms with Gasteiger partial charge >= 0.3 is 0 Å². The zero-order valence-electron chi connectivity index (χ0n) is 13.4. The summed E-state index contributed by atoms with van der Waals surface area (Å²) in [5.74, 6) is -0.327. The molecule has 0 atom stereocenters. The molecular formula is C16H14BrCl2N5O. The maximum absolute atomic E-state index is 12.3. The SMILES string of the molecule is Cc1nn(Cn2ccc(C(=O)Nc3ccc(Cl)c(Cl)c3)n2)c(C)c1Br. The summed E-state index contributed by atoms with van der Waals surface area (Å²) in [6.45, 7) is 4.30. The lowest BCUT2D eigenvalue weighted by molar-refractivity contribution is 0.102. The summed E-state index contributed by atoms with van der Waals surface area (Å²) in [6, 6.07) is 6.54. The highest BCUT2D eigenvalue weighted by molar-refractivity contribution is 9.10. The van der Waals surface area contributed by atoms with Gasteiger partial charge in [-0.2, -0.15) is 10.2 Å². The van der Waals surface area contributed by atoms with Crippen LogP contribution in [0.15, 0.2) is 34.9 Å². The van der Waals surface area contributed by atoms with Crippen molar-refractivity contribution in [3.05, 3.63) is 62.1 Å². The Morgan fingerprint density at radius 1 is 1.20 bits per heavy atom. The number of aromatic nitrogens is 4. The number of rotatable bonds is 4. The van der Waals surface area contributed by atoms with Crippen LogP contribution in [0, 0.1) is 13.8 Å². The van der Waals surface area contributed by atoms with E-state index in [1.807, 2.05) is 18.5 Å². The van der Waals surface area contributed by atoms with Gasteiger partial charge in [-0.25, -0.2) is 4.68 Å². The van der Waals surface area contributed by atoms with Gasteiger partial charge in [0.1, 0.15) is 6.67 Å². The van der Waals surface area contributed by atoms with E-state index in [0.29, 0.717) is 28.1 Å². The van der Waals surface area contributed by atoms with E-state index in [4.69, 9.17) is 23.2 Å². The summed E-state index contributed by atoms with van der Waals surface area (Å²) < 4.78 is 4.43. The van der Waals surface area contributed by atoms with Gasteiger partial charge in [-0.3, -0.25) is 9.48 Å². The van der Waals surface area contributed by atoms with Crippen molar-refractivity contribution >= 4 is 50.7 Å². The number of benzene rings is 1. The molecule has 0 unspecified atom stereocenters. The summed E-state index contributed by atoms with van der Waals surface area (Å²) >= 11 is 15.3. The van der Waals surface area contributed by atoms with Gasteiger partial charge in [0, 0.05) is 11.9 Å². The Morgan fingerprint density at radius 3 is 2.60 bits per heavy atom. The van der Waals surface area contributed by atoms with Crippen LogP contribution in [0.5, 0.6) is 0 Å². The Balaban J connectivity index is 1.73. The Labute approximate surface area is 162 Å². The fourth-order valence-electron chi connectivity index (χ4n) is 2.28. The second kappa shape index (κ2) is 7.19. The van der Waals surface area contributed by atoms with Crippen LogP contribution in [0.4, 0.5) is 5.69 Å². The number of hydrogen-bond donors (Lipinski definition) is 1. The number of aryl methyl sites for hydroxylation is 1. The van der Waals surface area contributed by atoms with Crippen LogP contribution >= 0.6 is 39.1 Å². The molecule has 0 aliphatic rings. The average molecular weight is 443 g/mol. The molecule has 3 aromatic rings. The summed E-state index contributed by atoms with van der Waals surface area (Å²) in [6.07, 6.45) is 1.73. The Hall–Kier alpha value is -1.83. The monoisotopic (exact) mass is 441 g/mol. The third kappa shape index (κ3) is 3.89. The highest BCUT2D eigenvalue weighted by Crippen LogP contribution is 2.25. The number of carbonyl (C=O) groups is 1. The molecule has 1 aromatic carbocycles. The average Bonchev–Trinajstić information content (AvgIpc) is 3.13. The lowest BCUT2D eigenvalue weighted by atomic mass is 10.3. The van der Waals surface area contributed by atoms with Crippen LogP contribution in [0.1, 0.15) is 21.9 Å². The largest absolute Gasteiger partial charge is 0.321 e. The van der Waals surface area contributed by atoms with Crippen LogP contribution in [0.2, 0.25) is 10.0 Å². The summed E-state index contributed by atoms with van der Waals surface area (Å²) in [7, 11) is 0. The van der Waals surface area contributed by atoms with Crippen LogP contribution in [0.25, 0.3) is 0 Å². The number of carbonyl (C=O) groups excluding carboxylic acids is 1. The maximum Gasteiger partial charge on any atom is 0.276 e. The van der Waals surface area contributed by atoms with Gasteiger partial charge in [0.05, 0.1) is 25.9 Å². The number of anilines is 1. The van der Waals surface area contributed by atoms with Crippen LogP contribution in [-0.4, -0.2) is 25.5 Å². The predicted octanol–water partition coefficient (Wildman–Crippen LogP) is 4.52. The molecule has 0 aliphatic carbocycles. The summed E-state index contributed by atoms with van der Waals surface area (Å²) in [4.78, 5) is 12.3. The quantitative estimate of drug-likeness (QED) is 0.645. The van der Waals surface area contributed by atoms with Crippen molar-refractivity contribution in [3.63, 3.8) is 0 Å². The van der Waals surface area contributed by atoms with Gasteiger partial charge in [-0.05, 0) is 54.0 Å². The van der Waals surface area contributed by atoms with Gasteiger partial charge in [0.15, 0.2) is 5.69 Å². The first-order chi connectivity index (χ1) is 11.8. The van der Waals surface area contributed by atoms with E-state index in [1.165, 1.54) is 0 Å². The molecule has 25 heavy (non-hydrogen) atoms. The molecular weight excluding hydrogens is 429 g/mol. The van der Waals surface area contributed by atoms with Gasteiger partial charge in [0.2, 0.25) is 0 Å². The molecule has 0 aliphatic heterocycles. The molecule has 0 saturated carbocycles. The number of nitrogens with one attached hydrogen (secondary N) is 1. The van der Waals surface area contributed by atoms with Crippen molar-refractivity contribution in [1.29, 1.82) is 0 Å². The molecule has 2 aromatic heterocycles. The number of amides is 1. The molecule has 0 spiro atoms. The van der Waals surface area contributed by atoms with Gasteiger partial charge in [0.25, 0.3) is 5.91 Å². The van der Waals surface area contributed by atoms with Crippen LogP contribution < -0.4 is 5.32 Å². The fraction of sp³-hybridized carbons (Fsp3) is 0.188. The first-order valence-electron chi connectivity index (χ1n) is 7.34. The lowest BCUT2D eigenvalue weighted by Crippen LogP contribution is -2.15. The molecule has 0 fully saturated rings. The molecule has 0 radical (unpaired) electrons. The molecule has 0 saturated heterocycles. The van der Waals surface area contributed by atoms with E-state index < -0.39 is 0 Å². The highest BCUT2D eigenvalue weighted by Gasteiger charge is 2.13. The van der Waals surface area contributed by atoms with E-state index in [1.54, 1.807) is 35.1 Å². The first-order valence-corrected chi connectivity index (χ1v) is 8.89.